The fraction of sp³-hybridized carbons (Fsp3) is 0.917. The number of carbonyl (C=O) groups excluding carboxylic acids is 2. The molecule has 0 unspecified atom stereocenters. The number of halogens is 3. The number of rotatable bonds is 21. The van der Waals surface area contributed by atoms with E-state index >= 15 is 0 Å². The van der Waals surface area contributed by atoms with E-state index in [0.717, 1.165) is 6.42 Å². The quantitative estimate of drug-likeness (QED) is 0.106. The zero-order valence-corrected chi connectivity index (χ0v) is 24.6. The number of carbonyl (C=O) groups is 2. The lowest BCUT2D eigenvalue weighted by molar-refractivity contribution is -0.173. The highest BCUT2D eigenvalue weighted by Gasteiger charge is 2.38. The molecule has 0 aliphatic rings. The largest absolute Gasteiger partial charge is 0.471 e. The summed E-state index contributed by atoms with van der Waals surface area (Å²) in [5, 5.41) is 14.0. The van der Waals surface area contributed by atoms with Gasteiger partial charge in [0.15, 0.2) is 0 Å². The van der Waals surface area contributed by atoms with E-state index < -0.39 is 12.1 Å². The Kier molecular flexibility index (Phi) is 17.4. The van der Waals surface area contributed by atoms with Gasteiger partial charge in [0.1, 0.15) is 5.94 Å². The predicted molar refractivity (Wildman–Crippen MR) is 142 cm³/mol. The van der Waals surface area contributed by atoms with Gasteiger partial charge >= 0.3 is 12.1 Å². The van der Waals surface area contributed by atoms with Crippen LogP contribution in [0.25, 0.3) is 0 Å². The average Bonchev–Trinajstić information content (AvgIpc) is 2.77. The molecule has 37 heavy (non-hydrogen) atoms. The van der Waals surface area contributed by atoms with Crippen LogP contribution in [0.4, 0.5) is 13.2 Å². The minimum absolute atomic E-state index is 0.0272. The molecule has 0 spiro atoms. The second kappa shape index (κ2) is 17.8. The first-order valence-electron chi connectivity index (χ1n) is 12.3. The lowest BCUT2D eigenvalue weighted by Crippen LogP contribution is -2.38. The third-order valence-corrected chi connectivity index (χ3v) is 8.01. The first-order valence-corrected chi connectivity index (χ1v) is 14.6. The summed E-state index contributed by atoms with van der Waals surface area (Å²) in [4.78, 5) is 22.7. The van der Waals surface area contributed by atoms with Crippen molar-refractivity contribution in [3.63, 3.8) is 0 Å². The fourth-order valence-corrected chi connectivity index (χ4v) is 5.66. The summed E-state index contributed by atoms with van der Waals surface area (Å²) in [5.41, 5.74) is -0.162. The summed E-state index contributed by atoms with van der Waals surface area (Å²) < 4.78 is 52.1. The van der Waals surface area contributed by atoms with Gasteiger partial charge in [0.2, 0.25) is 5.91 Å². The predicted octanol–water partition coefficient (Wildman–Crippen LogP) is 4.16. The van der Waals surface area contributed by atoms with Crippen molar-refractivity contribution < 1.29 is 42.1 Å². The molecule has 3 N–H and O–H groups in total. The third-order valence-electron chi connectivity index (χ3n) is 4.98. The Morgan fingerprint density at radius 3 is 1.95 bits per heavy atom. The number of hydrogen-bond acceptors (Lipinski definition) is 8. The molecule has 13 heteroatoms. The monoisotopic (exact) mass is 578 g/mol. The summed E-state index contributed by atoms with van der Waals surface area (Å²) >= 11 is 0. The van der Waals surface area contributed by atoms with Crippen LogP contribution in [0.5, 0.6) is 0 Å². The van der Waals surface area contributed by atoms with Crippen LogP contribution in [0.2, 0.25) is 0 Å². The molecule has 0 atom stereocenters. The van der Waals surface area contributed by atoms with Gasteiger partial charge < -0.3 is 30.0 Å². The van der Waals surface area contributed by atoms with E-state index in [0.29, 0.717) is 31.9 Å². The highest BCUT2D eigenvalue weighted by atomic mass is 33.1. The minimum atomic E-state index is -4.90. The first-order chi connectivity index (χ1) is 17.0. The number of alkyl halides is 3. The molecule has 2 amide bonds. The molecule has 0 aromatic carbocycles. The Labute approximate surface area is 227 Å². The average molecular weight is 579 g/mol. The molecule has 0 aliphatic heterocycles. The highest BCUT2D eigenvalue weighted by molar-refractivity contribution is 8.77. The summed E-state index contributed by atoms with van der Waals surface area (Å²) in [5.74, 6) is -1.51. The number of aliphatic hydroxyl groups excluding tert-OH is 1. The Morgan fingerprint density at radius 2 is 1.41 bits per heavy atom. The van der Waals surface area contributed by atoms with Crippen LogP contribution in [0.1, 0.15) is 60.8 Å². The minimum Gasteiger partial charge on any atom is -0.396 e. The summed E-state index contributed by atoms with van der Waals surface area (Å²) in [6, 6.07) is 0. The lowest BCUT2D eigenvalue weighted by Gasteiger charge is -2.33. The van der Waals surface area contributed by atoms with Gasteiger partial charge in [-0.2, -0.15) is 13.2 Å². The molecular weight excluding hydrogens is 533 g/mol. The normalized spacial score (nSPS) is 13.0. The Morgan fingerprint density at radius 1 is 0.838 bits per heavy atom. The molecule has 220 valence electrons. The molecule has 0 heterocycles. The van der Waals surface area contributed by atoms with Crippen molar-refractivity contribution in [2.45, 2.75) is 71.7 Å². The van der Waals surface area contributed by atoms with E-state index in [1.165, 1.54) is 0 Å². The highest BCUT2D eigenvalue weighted by Crippen LogP contribution is 2.39. The number of nitrogens with one attached hydrogen (secondary N) is 2. The van der Waals surface area contributed by atoms with Gasteiger partial charge in [0.25, 0.3) is 0 Å². The van der Waals surface area contributed by atoms with Crippen molar-refractivity contribution in [1.82, 2.24) is 10.6 Å². The van der Waals surface area contributed by atoms with Crippen molar-refractivity contribution in [2.24, 2.45) is 10.8 Å². The second-order valence-electron chi connectivity index (χ2n) is 10.9. The van der Waals surface area contributed by atoms with Crippen LogP contribution in [-0.4, -0.2) is 86.5 Å². The van der Waals surface area contributed by atoms with Crippen LogP contribution in [0.3, 0.4) is 0 Å². The standard InChI is InChI=1S/C24H45F3N2O6S2/c1-21(2,16-30)15-22(3,4)17-35-18-36-37-23(5,6)8-7-19(31)28-9-11-33-13-14-34-12-10-29-20(32)24(25,26)27/h30H,7-18H2,1-6H3,(H,28,31)(H,29,32). The van der Waals surface area contributed by atoms with Crippen LogP contribution < -0.4 is 10.6 Å². The molecule has 0 aromatic heterocycles. The summed E-state index contributed by atoms with van der Waals surface area (Å²) in [7, 11) is 3.31. The Balaban J connectivity index is 3.77. The maximum absolute atomic E-state index is 12.1. The van der Waals surface area contributed by atoms with Crippen molar-refractivity contribution in [3.8, 4) is 0 Å². The third kappa shape index (κ3) is 20.9. The zero-order chi connectivity index (χ0) is 28.6. The van der Waals surface area contributed by atoms with Crippen LogP contribution >= 0.6 is 21.6 Å². The van der Waals surface area contributed by atoms with Gasteiger partial charge in [0.05, 0.1) is 33.0 Å². The molecule has 0 saturated carbocycles. The van der Waals surface area contributed by atoms with E-state index in [-0.39, 0.29) is 61.1 Å². The van der Waals surface area contributed by atoms with Gasteiger partial charge in [-0.3, -0.25) is 9.59 Å². The zero-order valence-electron chi connectivity index (χ0n) is 22.9. The maximum atomic E-state index is 12.1. The van der Waals surface area contributed by atoms with Gasteiger partial charge in [-0.15, -0.1) is 0 Å². The molecule has 0 fully saturated rings. The van der Waals surface area contributed by atoms with Crippen molar-refractivity contribution in [2.75, 3.05) is 58.7 Å². The molecule has 0 radical (unpaired) electrons. The number of amides is 2. The van der Waals surface area contributed by atoms with Gasteiger partial charge in [-0.25, -0.2) is 0 Å². The van der Waals surface area contributed by atoms with E-state index in [2.05, 4.69) is 33.0 Å². The number of hydrogen-bond donors (Lipinski definition) is 3. The SMILES string of the molecule is CC(C)(CO)CC(C)(C)COCSSC(C)(C)CCC(=O)NCCOCCOCCNC(=O)C(F)(F)F. The smallest absolute Gasteiger partial charge is 0.396 e. The van der Waals surface area contributed by atoms with E-state index in [1.807, 2.05) is 13.8 Å². The number of aliphatic hydroxyl groups is 1. The van der Waals surface area contributed by atoms with Crippen molar-refractivity contribution in [3.05, 3.63) is 0 Å². The second-order valence-corrected chi connectivity index (χ2v) is 13.9. The van der Waals surface area contributed by atoms with Crippen molar-refractivity contribution >= 4 is 33.4 Å². The summed E-state index contributed by atoms with van der Waals surface area (Å²) in [6.07, 6.45) is -2.94. The fourth-order valence-electron chi connectivity index (χ4n) is 3.40. The molecule has 8 nitrogen and oxygen atoms in total. The van der Waals surface area contributed by atoms with Crippen molar-refractivity contribution in [1.29, 1.82) is 0 Å². The molecule has 0 saturated heterocycles. The van der Waals surface area contributed by atoms with Crippen LogP contribution in [0.15, 0.2) is 0 Å². The lowest BCUT2D eigenvalue weighted by atomic mass is 9.76. The molecule has 0 aromatic rings. The van der Waals surface area contributed by atoms with Gasteiger partial charge in [0, 0.05) is 30.9 Å². The van der Waals surface area contributed by atoms with E-state index in [9.17, 15) is 27.9 Å². The van der Waals surface area contributed by atoms with Gasteiger partial charge in [-0.05, 0) is 37.5 Å². The van der Waals surface area contributed by atoms with E-state index in [4.69, 9.17) is 14.2 Å². The maximum Gasteiger partial charge on any atom is 0.471 e. The van der Waals surface area contributed by atoms with Crippen LogP contribution in [-0.2, 0) is 23.8 Å². The number of ether oxygens (including phenoxy) is 3. The Hall–Kier alpha value is -0.730. The van der Waals surface area contributed by atoms with E-state index in [1.54, 1.807) is 26.9 Å². The Bertz CT molecular complexity index is 665. The molecule has 0 aliphatic carbocycles. The first kappa shape index (κ1) is 36.3. The molecule has 0 rings (SSSR count). The van der Waals surface area contributed by atoms with Gasteiger partial charge in [-0.1, -0.05) is 49.3 Å². The summed E-state index contributed by atoms with van der Waals surface area (Å²) in [6.45, 7) is 14.0. The molecular formula is C24H45F3N2O6S2. The molecule has 0 bridgehead atoms. The van der Waals surface area contributed by atoms with Crippen LogP contribution in [0, 0.1) is 10.8 Å². The topological polar surface area (TPSA) is 106 Å².